The predicted molar refractivity (Wildman–Crippen MR) is 129 cm³/mol. The van der Waals surface area contributed by atoms with Crippen LogP contribution in [0.15, 0.2) is 48.5 Å². The van der Waals surface area contributed by atoms with Crippen LogP contribution in [-0.4, -0.2) is 48.6 Å². The molecule has 2 aromatic carbocycles. The van der Waals surface area contributed by atoms with E-state index in [-0.39, 0.29) is 26.3 Å². The summed E-state index contributed by atoms with van der Waals surface area (Å²) in [6.07, 6.45) is 0.281. The smallest absolute Gasteiger partial charge is 0.267 e. The molecule has 0 spiro atoms. The third kappa shape index (κ3) is 9.15. The number of benzene rings is 2. The zero-order valence-corrected chi connectivity index (χ0v) is 17.9. The second kappa shape index (κ2) is 14.8. The van der Waals surface area contributed by atoms with Crippen LogP contribution in [0.1, 0.15) is 34.5 Å². The number of rotatable bonds is 8. The molecule has 0 aliphatic carbocycles. The second-order valence-electron chi connectivity index (χ2n) is 6.83. The first-order chi connectivity index (χ1) is 16.0. The topological polar surface area (TPSA) is 160 Å². The Morgan fingerprint density at radius 3 is 1.97 bits per heavy atom. The highest BCUT2D eigenvalue weighted by Gasteiger charge is 2.19. The lowest BCUT2D eigenvalue weighted by Crippen LogP contribution is -2.50. The zero-order valence-electron chi connectivity index (χ0n) is 17.9. The fourth-order valence-electron chi connectivity index (χ4n) is 2.63. The van der Waals surface area contributed by atoms with Crippen molar-refractivity contribution < 1.29 is 19.6 Å². The van der Waals surface area contributed by atoms with Gasteiger partial charge < -0.3 is 22.1 Å². The van der Waals surface area contributed by atoms with Gasteiger partial charge >= 0.3 is 0 Å². The highest BCUT2D eigenvalue weighted by molar-refractivity contribution is 5.97. The van der Waals surface area contributed by atoms with Crippen LogP contribution in [0.3, 0.4) is 0 Å². The molecule has 178 valence electrons. The van der Waals surface area contributed by atoms with E-state index in [0.29, 0.717) is 24.2 Å². The molecular weight excluding hydrogens is 434 g/mol. The van der Waals surface area contributed by atoms with E-state index < -0.39 is 17.9 Å². The van der Waals surface area contributed by atoms with E-state index in [1.54, 1.807) is 24.3 Å². The molecule has 9 heteroatoms. The fourth-order valence-corrected chi connectivity index (χ4v) is 2.63. The van der Waals surface area contributed by atoms with E-state index in [2.05, 4.69) is 34.3 Å². The molecule has 0 unspecified atom stereocenters. The van der Waals surface area contributed by atoms with Gasteiger partial charge in [-0.3, -0.25) is 19.6 Å². The Morgan fingerprint density at radius 1 is 0.912 bits per heavy atom. The van der Waals surface area contributed by atoms with Crippen molar-refractivity contribution >= 4 is 17.7 Å². The molecule has 0 aliphatic rings. The van der Waals surface area contributed by atoms with E-state index >= 15 is 0 Å². The first-order valence-corrected chi connectivity index (χ1v) is 10.1. The Labute approximate surface area is 199 Å². The number of hydrogen-bond donors (Lipinski definition) is 6. The number of carbonyl (C=O) groups excluding carboxylic acids is 3. The molecule has 2 aromatic rings. The summed E-state index contributed by atoms with van der Waals surface area (Å²) in [4.78, 5) is 35.3. The first kappa shape index (κ1) is 27.9. The number of amides is 3. The summed E-state index contributed by atoms with van der Waals surface area (Å²) in [6.45, 7) is 0.698. The number of nitrogens with two attached hydrogens (primary N) is 2. The van der Waals surface area contributed by atoms with Crippen molar-refractivity contribution in [3.05, 3.63) is 70.8 Å². The first-order valence-electron chi connectivity index (χ1n) is 10.1. The van der Waals surface area contributed by atoms with Crippen molar-refractivity contribution in [3.8, 4) is 23.7 Å². The fraction of sp³-hybridized carbons (Fsp3) is 0.240. The maximum absolute atomic E-state index is 12.2. The number of carbonyl (C=O) groups is 3. The second-order valence-corrected chi connectivity index (χ2v) is 6.83. The lowest BCUT2D eigenvalue weighted by atomic mass is 10.1. The summed E-state index contributed by atoms with van der Waals surface area (Å²) in [5.41, 5.74) is 14.8. The van der Waals surface area contributed by atoms with Crippen LogP contribution in [0.5, 0.6) is 0 Å². The normalized spacial score (nSPS) is 10.2. The van der Waals surface area contributed by atoms with Crippen molar-refractivity contribution in [2.24, 2.45) is 11.5 Å². The molecule has 0 saturated heterocycles. The van der Waals surface area contributed by atoms with Gasteiger partial charge in [-0.1, -0.05) is 31.4 Å². The van der Waals surface area contributed by atoms with Gasteiger partial charge in [-0.15, -0.1) is 0 Å². The summed E-state index contributed by atoms with van der Waals surface area (Å²) < 4.78 is 0. The van der Waals surface area contributed by atoms with Crippen molar-refractivity contribution in [3.63, 3.8) is 0 Å². The van der Waals surface area contributed by atoms with Gasteiger partial charge in [0.05, 0.1) is 6.42 Å². The molecule has 9 nitrogen and oxygen atoms in total. The number of hydroxylamine groups is 1. The van der Waals surface area contributed by atoms with Gasteiger partial charge in [0, 0.05) is 36.3 Å². The van der Waals surface area contributed by atoms with Gasteiger partial charge in [0.25, 0.3) is 11.8 Å². The van der Waals surface area contributed by atoms with E-state index in [1.807, 2.05) is 24.3 Å². The lowest BCUT2D eigenvalue weighted by molar-refractivity contribution is -0.130. The highest BCUT2D eigenvalue weighted by Crippen LogP contribution is 2.05. The van der Waals surface area contributed by atoms with Crippen molar-refractivity contribution in [2.75, 3.05) is 19.6 Å². The molecule has 34 heavy (non-hydrogen) atoms. The Kier molecular flexibility index (Phi) is 12.2. The van der Waals surface area contributed by atoms with Gasteiger partial charge in [-0.25, -0.2) is 5.48 Å². The average Bonchev–Trinajstić information content (AvgIpc) is 2.84. The highest BCUT2D eigenvalue weighted by atomic mass is 16.5. The molecule has 8 N–H and O–H groups in total. The van der Waals surface area contributed by atoms with Crippen LogP contribution < -0.4 is 27.6 Å². The largest absolute Gasteiger partial charge is 0.355 e. The minimum Gasteiger partial charge on any atom is -0.355 e. The van der Waals surface area contributed by atoms with Crippen LogP contribution in [-0.2, 0) is 16.0 Å². The Morgan fingerprint density at radius 2 is 1.47 bits per heavy atom. The summed E-state index contributed by atoms with van der Waals surface area (Å²) in [7, 11) is 0. The zero-order chi connectivity index (χ0) is 24.1. The summed E-state index contributed by atoms with van der Waals surface area (Å²) in [5, 5.41) is 13.8. The summed E-state index contributed by atoms with van der Waals surface area (Å²) in [5.74, 6) is 9.94. The van der Waals surface area contributed by atoms with Crippen LogP contribution in [0, 0.1) is 23.7 Å². The Balaban J connectivity index is 0.00000578. The molecule has 0 aromatic heterocycles. The molecular formula is C25H29N5O4. The Bertz CT molecular complexity index is 1090. The van der Waals surface area contributed by atoms with Crippen LogP contribution in [0.2, 0.25) is 0 Å². The molecule has 0 heterocycles. The van der Waals surface area contributed by atoms with E-state index in [1.165, 1.54) is 5.48 Å². The summed E-state index contributed by atoms with van der Waals surface area (Å²) in [6, 6.07) is 12.7. The van der Waals surface area contributed by atoms with Crippen molar-refractivity contribution in [2.45, 2.75) is 19.9 Å². The van der Waals surface area contributed by atoms with Crippen LogP contribution >= 0.6 is 0 Å². The lowest BCUT2D eigenvalue weighted by Gasteiger charge is -2.14. The van der Waals surface area contributed by atoms with E-state index in [9.17, 15) is 14.4 Å². The van der Waals surface area contributed by atoms with Gasteiger partial charge in [-0.2, -0.15) is 0 Å². The molecule has 0 fully saturated rings. The monoisotopic (exact) mass is 463 g/mol. The molecule has 2 rings (SSSR count). The van der Waals surface area contributed by atoms with Crippen molar-refractivity contribution in [1.82, 2.24) is 16.1 Å². The van der Waals surface area contributed by atoms with E-state index in [0.717, 1.165) is 11.1 Å². The SMILES string of the molecule is C.NCCNC(=O)Cc1ccc(C#CC#Cc2ccc(C(=O)N[C@@H](CN)C(=O)NO)cc2)cc1. The van der Waals surface area contributed by atoms with Gasteiger partial charge in [0.2, 0.25) is 5.91 Å². The maximum atomic E-state index is 12.2. The third-order valence-electron chi connectivity index (χ3n) is 4.38. The Hall–Kier alpha value is -4.15. The molecule has 0 aliphatic heterocycles. The minimum absolute atomic E-state index is 0. The summed E-state index contributed by atoms with van der Waals surface area (Å²) >= 11 is 0. The van der Waals surface area contributed by atoms with Crippen molar-refractivity contribution in [1.29, 1.82) is 0 Å². The third-order valence-corrected chi connectivity index (χ3v) is 4.38. The number of hydrogen-bond acceptors (Lipinski definition) is 6. The van der Waals surface area contributed by atoms with Crippen LogP contribution in [0.25, 0.3) is 0 Å². The maximum Gasteiger partial charge on any atom is 0.267 e. The molecule has 1 atom stereocenters. The molecule has 0 saturated carbocycles. The quantitative estimate of drug-likeness (QED) is 0.182. The van der Waals surface area contributed by atoms with Gasteiger partial charge in [0.1, 0.15) is 6.04 Å². The van der Waals surface area contributed by atoms with Gasteiger partial charge in [0.15, 0.2) is 0 Å². The standard InChI is InChI=1S/C24H25N5O4.CH4/c25-13-14-27-22(30)15-19-7-5-17(6-8-19)3-1-2-4-18-9-11-20(12-10-18)23(31)28-21(16-26)24(32)29-33;/h5-12,21,33H,13-16,25-26H2,(H,27,30)(H,28,31)(H,29,32);1H4/t21-;/m0./s1. The molecule has 0 radical (unpaired) electrons. The molecule has 3 amide bonds. The minimum atomic E-state index is -1.04. The number of nitrogens with one attached hydrogen (secondary N) is 3. The van der Waals surface area contributed by atoms with Crippen LogP contribution in [0.4, 0.5) is 0 Å². The molecule has 0 bridgehead atoms. The van der Waals surface area contributed by atoms with Gasteiger partial charge in [-0.05, 0) is 53.8 Å². The van der Waals surface area contributed by atoms with E-state index in [4.69, 9.17) is 16.7 Å². The predicted octanol–water partition coefficient (Wildman–Crippen LogP) is -0.0942. The average molecular weight is 464 g/mol.